The van der Waals surface area contributed by atoms with E-state index in [1.807, 2.05) is 24.3 Å². The Bertz CT molecular complexity index is 677. The number of carbonyl (C=O) groups is 1. The highest BCUT2D eigenvalue weighted by molar-refractivity contribution is 7.13. The third-order valence-electron chi connectivity index (χ3n) is 3.24. The number of hydrogen-bond donors (Lipinski definition) is 3. The van der Waals surface area contributed by atoms with E-state index in [-0.39, 0.29) is 13.2 Å². The second kappa shape index (κ2) is 7.74. The van der Waals surface area contributed by atoms with Gasteiger partial charge < -0.3 is 20.3 Å². The minimum atomic E-state index is -0.596. The number of nitrogens with one attached hydrogen (secondary N) is 1. The van der Waals surface area contributed by atoms with Gasteiger partial charge in [-0.1, -0.05) is 24.3 Å². The van der Waals surface area contributed by atoms with Crippen LogP contribution in [0.1, 0.15) is 38.1 Å². The van der Waals surface area contributed by atoms with E-state index in [9.17, 15) is 15.0 Å². The predicted octanol–water partition coefficient (Wildman–Crippen LogP) is 2.86. The molecule has 24 heavy (non-hydrogen) atoms. The first-order valence-electron chi connectivity index (χ1n) is 7.58. The van der Waals surface area contributed by atoms with Crippen molar-refractivity contribution in [3.05, 3.63) is 41.0 Å². The van der Waals surface area contributed by atoms with Crippen LogP contribution in [0.3, 0.4) is 0 Å². The molecule has 1 aromatic carbocycles. The van der Waals surface area contributed by atoms with Crippen molar-refractivity contribution in [2.75, 3.05) is 6.61 Å². The molecule has 2 aromatic rings. The third kappa shape index (κ3) is 4.77. The van der Waals surface area contributed by atoms with Crippen molar-refractivity contribution < 1.29 is 19.7 Å². The molecule has 0 unspecified atom stereocenters. The smallest absolute Gasteiger partial charge is 0.408 e. The number of alkyl carbamates (subject to hydrolysis) is 1. The Kier molecular flexibility index (Phi) is 5.93. The molecule has 2 rings (SSSR count). The molecule has 7 heteroatoms. The van der Waals surface area contributed by atoms with Gasteiger partial charge in [-0.15, -0.1) is 11.3 Å². The van der Waals surface area contributed by atoms with Crippen molar-refractivity contribution >= 4 is 17.4 Å². The molecule has 0 spiro atoms. The Labute approximate surface area is 145 Å². The third-order valence-corrected chi connectivity index (χ3v) is 4.16. The minimum absolute atomic E-state index is 0.111. The summed E-state index contributed by atoms with van der Waals surface area (Å²) in [5, 5.41) is 21.5. The summed E-state index contributed by atoms with van der Waals surface area (Å²) in [7, 11) is 0. The number of carbonyl (C=O) groups excluding carboxylic acids is 1. The number of benzene rings is 1. The van der Waals surface area contributed by atoms with Crippen molar-refractivity contribution in [1.82, 2.24) is 10.3 Å². The van der Waals surface area contributed by atoms with Gasteiger partial charge in [-0.05, 0) is 31.9 Å². The summed E-state index contributed by atoms with van der Waals surface area (Å²) < 4.78 is 5.21. The van der Waals surface area contributed by atoms with Gasteiger partial charge in [0.15, 0.2) is 0 Å². The number of ether oxygens (including phenoxy) is 1. The quantitative estimate of drug-likeness (QED) is 0.771. The second-order valence-corrected chi connectivity index (χ2v) is 7.14. The summed E-state index contributed by atoms with van der Waals surface area (Å²) in [6, 6.07) is 6.86. The van der Waals surface area contributed by atoms with Crippen molar-refractivity contribution in [1.29, 1.82) is 0 Å². The van der Waals surface area contributed by atoms with Gasteiger partial charge in [-0.25, -0.2) is 9.78 Å². The molecule has 0 saturated carbocycles. The van der Waals surface area contributed by atoms with E-state index >= 15 is 0 Å². The van der Waals surface area contributed by atoms with Crippen LogP contribution >= 0.6 is 11.3 Å². The zero-order valence-corrected chi connectivity index (χ0v) is 14.8. The van der Waals surface area contributed by atoms with Crippen LogP contribution in [0.2, 0.25) is 0 Å². The molecule has 0 fully saturated rings. The van der Waals surface area contributed by atoms with Gasteiger partial charge in [0.25, 0.3) is 0 Å². The fourth-order valence-electron chi connectivity index (χ4n) is 2.17. The zero-order valence-electron chi connectivity index (χ0n) is 13.9. The molecule has 0 aliphatic rings. The molecule has 0 bridgehead atoms. The highest BCUT2D eigenvalue weighted by Gasteiger charge is 2.20. The SMILES string of the molecule is CC(C)(C)OC(=O)N[C@@H](CO)c1ccc(-c2scnc2CO)cc1. The number of aliphatic hydroxyl groups excluding tert-OH is 2. The van der Waals surface area contributed by atoms with Crippen LogP contribution in [0.5, 0.6) is 0 Å². The maximum Gasteiger partial charge on any atom is 0.408 e. The fraction of sp³-hybridized carbons (Fsp3) is 0.412. The maximum atomic E-state index is 11.9. The monoisotopic (exact) mass is 350 g/mol. The van der Waals surface area contributed by atoms with Crippen LogP contribution in [0.25, 0.3) is 10.4 Å². The van der Waals surface area contributed by atoms with Gasteiger partial charge in [0.2, 0.25) is 0 Å². The molecule has 3 N–H and O–H groups in total. The standard InChI is InChI=1S/C17H22N2O4S/c1-17(2,3)23-16(22)19-13(8-20)11-4-6-12(7-5-11)15-14(9-21)18-10-24-15/h4-7,10,13,20-21H,8-9H2,1-3H3,(H,19,22)/t13-/m0/s1. The van der Waals surface area contributed by atoms with E-state index in [0.717, 1.165) is 16.0 Å². The summed E-state index contributed by atoms with van der Waals surface area (Å²) in [5.41, 5.74) is 3.43. The molecule has 6 nitrogen and oxygen atoms in total. The lowest BCUT2D eigenvalue weighted by atomic mass is 10.0. The Morgan fingerprint density at radius 1 is 1.29 bits per heavy atom. The van der Waals surface area contributed by atoms with Crippen LogP contribution in [0.15, 0.2) is 29.8 Å². The van der Waals surface area contributed by atoms with E-state index < -0.39 is 17.7 Å². The molecule has 0 aliphatic heterocycles. The van der Waals surface area contributed by atoms with E-state index in [1.54, 1.807) is 26.3 Å². The Morgan fingerprint density at radius 2 is 1.96 bits per heavy atom. The summed E-state index contributed by atoms with van der Waals surface area (Å²) in [5.74, 6) is 0. The Balaban J connectivity index is 2.12. The first-order valence-corrected chi connectivity index (χ1v) is 8.46. The van der Waals surface area contributed by atoms with Crippen LogP contribution in [-0.2, 0) is 11.3 Å². The van der Waals surface area contributed by atoms with Gasteiger partial charge in [0.1, 0.15) is 5.60 Å². The van der Waals surface area contributed by atoms with Crippen molar-refractivity contribution in [2.45, 2.75) is 39.0 Å². The first-order chi connectivity index (χ1) is 11.3. The molecular formula is C17H22N2O4S. The average Bonchev–Trinajstić information content (AvgIpc) is 2.99. The van der Waals surface area contributed by atoms with E-state index in [4.69, 9.17) is 4.74 Å². The Hall–Kier alpha value is -1.96. The Morgan fingerprint density at radius 3 is 2.50 bits per heavy atom. The lowest BCUT2D eigenvalue weighted by Crippen LogP contribution is -2.36. The van der Waals surface area contributed by atoms with Crippen LogP contribution in [0, 0.1) is 0 Å². The topological polar surface area (TPSA) is 91.7 Å². The van der Waals surface area contributed by atoms with Crippen molar-refractivity contribution in [3.8, 4) is 10.4 Å². The highest BCUT2D eigenvalue weighted by atomic mass is 32.1. The number of amides is 1. The molecule has 1 atom stereocenters. The van der Waals surface area contributed by atoms with Crippen molar-refractivity contribution in [2.24, 2.45) is 0 Å². The second-order valence-electron chi connectivity index (χ2n) is 6.29. The molecule has 1 aromatic heterocycles. The summed E-state index contributed by atoms with van der Waals surface area (Å²) >= 11 is 1.45. The molecular weight excluding hydrogens is 328 g/mol. The normalized spacial score (nSPS) is 12.7. The average molecular weight is 350 g/mol. The predicted molar refractivity (Wildman–Crippen MR) is 92.7 cm³/mol. The van der Waals surface area contributed by atoms with Crippen LogP contribution in [-0.4, -0.2) is 33.5 Å². The first kappa shape index (κ1) is 18.4. The minimum Gasteiger partial charge on any atom is -0.444 e. The van der Waals surface area contributed by atoms with Gasteiger partial charge in [-0.3, -0.25) is 0 Å². The van der Waals surface area contributed by atoms with Crippen molar-refractivity contribution in [3.63, 3.8) is 0 Å². The number of aliphatic hydroxyl groups is 2. The molecule has 0 saturated heterocycles. The largest absolute Gasteiger partial charge is 0.444 e. The van der Waals surface area contributed by atoms with E-state index in [2.05, 4.69) is 10.3 Å². The fourth-order valence-corrected chi connectivity index (χ4v) is 2.98. The lowest BCUT2D eigenvalue weighted by Gasteiger charge is -2.23. The van der Waals surface area contributed by atoms with E-state index in [0.29, 0.717) is 5.69 Å². The van der Waals surface area contributed by atoms with E-state index in [1.165, 1.54) is 11.3 Å². The van der Waals surface area contributed by atoms with Gasteiger partial charge in [-0.2, -0.15) is 0 Å². The van der Waals surface area contributed by atoms with Gasteiger partial charge in [0.05, 0.1) is 35.3 Å². The van der Waals surface area contributed by atoms with Crippen LogP contribution in [0.4, 0.5) is 4.79 Å². The summed E-state index contributed by atoms with van der Waals surface area (Å²) in [6.07, 6.45) is -0.573. The number of thiazole rings is 1. The number of aromatic nitrogens is 1. The lowest BCUT2D eigenvalue weighted by molar-refractivity contribution is 0.0482. The molecule has 1 heterocycles. The summed E-state index contributed by atoms with van der Waals surface area (Å²) in [4.78, 5) is 16.9. The zero-order chi connectivity index (χ0) is 17.7. The molecule has 1 amide bonds. The molecule has 0 aliphatic carbocycles. The molecule has 130 valence electrons. The summed E-state index contributed by atoms with van der Waals surface area (Å²) in [6.45, 7) is 5.00. The maximum absolute atomic E-state index is 11.9. The number of hydrogen-bond acceptors (Lipinski definition) is 6. The number of rotatable bonds is 5. The molecule has 0 radical (unpaired) electrons. The van der Waals surface area contributed by atoms with Gasteiger partial charge >= 0.3 is 6.09 Å². The highest BCUT2D eigenvalue weighted by Crippen LogP contribution is 2.28. The van der Waals surface area contributed by atoms with Gasteiger partial charge in [0, 0.05) is 0 Å². The number of nitrogens with zero attached hydrogens (tertiary/aromatic N) is 1. The van der Waals surface area contributed by atoms with Crippen LogP contribution < -0.4 is 5.32 Å².